The second kappa shape index (κ2) is 11.1. The van der Waals surface area contributed by atoms with E-state index < -0.39 is 11.6 Å². The number of aryl methyl sites for hydroxylation is 1. The number of carboxylic acid groups (broad SMARTS) is 1. The summed E-state index contributed by atoms with van der Waals surface area (Å²) in [7, 11) is 0. The molecule has 1 aromatic rings. The maximum absolute atomic E-state index is 12.4. The van der Waals surface area contributed by atoms with E-state index >= 15 is 0 Å². The highest BCUT2D eigenvalue weighted by atomic mass is 32.2. The smallest absolute Gasteiger partial charge is 0.290 e. The van der Waals surface area contributed by atoms with Crippen molar-refractivity contribution >= 4 is 24.1 Å². The molecule has 2 aliphatic rings. The molecule has 170 valence electrons. The zero-order valence-electron chi connectivity index (χ0n) is 17.9. The van der Waals surface area contributed by atoms with E-state index in [-0.39, 0.29) is 23.7 Å². The minimum Gasteiger partial charge on any atom is -0.483 e. The predicted octanol–water partition coefficient (Wildman–Crippen LogP) is 1.41. The van der Waals surface area contributed by atoms with Crippen molar-refractivity contribution in [3.63, 3.8) is 0 Å². The highest BCUT2D eigenvalue weighted by Crippen LogP contribution is 2.39. The van der Waals surface area contributed by atoms with Crippen LogP contribution in [0.1, 0.15) is 49.4 Å². The first kappa shape index (κ1) is 24.6. The fourth-order valence-corrected chi connectivity index (χ4v) is 4.44. The molecule has 2 saturated heterocycles. The summed E-state index contributed by atoms with van der Waals surface area (Å²) < 4.78 is 11.3. The molecular formula is C20H33N3O6S. The van der Waals surface area contributed by atoms with E-state index in [0.717, 1.165) is 43.9 Å². The van der Waals surface area contributed by atoms with Crippen molar-refractivity contribution in [2.45, 2.75) is 56.8 Å². The Morgan fingerprint density at radius 2 is 2.13 bits per heavy atom. The second-order valence-electron chi connectivity index (χ2n) is 8.03. The Hall–Kier alpha value is -1.62. The summed E-state index contributed by atoms with van der Waals surface area (Å²) in [6.07, 6.45) is 5.19. The van der Waals surface area contributed by atoms with Gasteiger partial charge in [-0.3, -0.25) is 9.59 Å². The third-order valence-corrected chi connectivity index (χ3v) is 6.41. The van der Waals surface area contributed by atoms with Gasteiger partial charge in [0.2, 0.25) is 5.76 Å². The van der Waals surface area contributed by atoms with Gasteiger partial charge < -0.3 is 29.7 Å². The number of thioether (sulfide) groups is 1. The second-order valence-corrected chi connectivity index (χ2v) is 9.02. The topological polar surface area (TPSA) is 125 Å². The number of likely N-dealkylation sites (tertiary alicyclic amines) is 1. The normalized spacial score (nSPS) is 25.9. The van der Waals surface area contributed by atoms with E-state index in [1.807, 2.05) is 18.7 Å². The largest absolute Gasteiger partial charge is 0.483 e. The number of hydrogen-bond acceptors (Lipinski definition) is 8. The molecule has 3 heterocycles. The average Bonchev–Trinajstić information content (AvgIpc) is 3.20. The number of nitrogens with one attached hydrogen (secondary N) is 1. The summed E-state index contributed by atoms with van der Waals surface area (Å²) in [5, 5.41) is 24.6. The Kier molecular flexibility index (Phi) is 9.14. The molecule has 1 aromatic heterocycles. The van der Waals surface area contributed by atoms with Crippen LogP contribution < -0.4 is 5.32 Å². The maximum Gasteiger partial charge on any atom is 0.290 e. The third kappa shape index (κ3) is 6.44. The van der Waals surface area contributed by atoms with E-state index in [9.17, 15) is 9.90 Å². The van der Waals surface area contributed by atoms with Gasteiger partial charge >= 0.3 is 0 Å². The fourth-order valence-electron chi connectivity index (χ4n) is 4.00. The van der Waals surface area contributed by atoms with Gasteiger partial charge in [0.15, 0.2) is 0 Å². The number of ether oxygens (including phenoxy) is 1. The molecule has 2 fully saturated rings. The van der Waals surface area contributed by atoms with E-state index in [4.69, 9.17) is 19.2 Å². The van der Waals surface area contributed by atoms with Gasteiger partial charge in [0, 0.05) is 37.9 Å². The summed E-state index contributed by atoms with van der Waals surface area (Å²) in [5.41, 5.74) is -0.579. The minimum absolute atomic E-state index is 0.171. The Labute approximate surface area is 181 Å². The quantitative estimate of drug-likeness (QED) is 0.560. The Morgan fingerprint density at radius 3 is 2.67 bits per heavy atom. The number of amides is 1. The molecule has 2 aliphatic heterocycles. The van der Waals surface area contributed by atoms with Crippen LogP contribution in [0.5, 0.6) is 0 Å². The average molecular weight is 444 g/mol. The number of piperidine rings is 1. The maximum atomic E-state index is 12.4. The first-order valence-electron chi connectivity index (χ1n) is 10.2. The first-order valence-corrected chi connectivity index (χ1v) is 11.6. The Balaban J connectivity index is 0.00000101. The van der Waals surface area contributed by atoms with Gasteiger partial charge in [0.05, 0.1) is 29.5 Å². The predicted molar refractivity (Wildman–Crippen MR) is 114 cm³/mol. The Bertz CT molecular complexity index is 688. The molecule has 2 atom stereocenters. The lowest BCUT2D eigenvalue weighted by Crippen LogP contribution is -2.64. The number of carbonyl (C=O) groups excluding carboxylic acids is 1. The number of hydrogen-bond donors (Lipinski definition) is 3. The van der Waals surface area contributed by atoms with Crippen molar-refractivity contribution in [1.29, 1.82) is 0 Å². The van der Waals surface area contributed by atoms with Gasteiger partial charge in [-0.25, -0.2) is 0 Å². The highest BCUT2D eigenvalue weighted by Gasteiger charge is 2.49. The summed E-state index contributed by atoms with van der Waals surface area (Å²) >= 11 is 1.86. The fraction of sp³-hybridized carbons (Fsp3) is 0.750. The molecule has 1 amide bonds. The summed E-state index contributed by atoms with van der Waals surface area (Å²) in [6, 6.07) is 1.17. The van der Waals surface area contributed by atoms with Crippen LogP contribution in [0.4, 0.5) is 0 Å². The summed E-state index contributed by atoms with van der Waals surface area (Å²) in [6.45, 7) is 6.88. The van der Waals surface area contributed by atoms with Crippen molar-refractivity contribution in [2.24, 2.45) is 0 Å². The summed E-state index contributed by atoms with van der Waals surface area (Å²) in [4.78, 5) is 23.2. The molecular weight excluding hydrogens is 410 g/mol. The lowest BCUT2D eigenvalue weighted by atomic mass is 9.75. The third-order valence-electron chi connectivity index (χ3n) is 5.82. The van der Waals surface area contributed by atoms with Gasteiger partial charge in [-0.15, -0.1) is 0 Å². The highest BCUT2D eigenvalue weighted by molar-refractivity contribution is 7.98. The molecule has 9 nitrogen and oxygen atoms in total. The van der Waals surface area contributed by atoms with E-state index in [1.54, 1.807) is 13.0 Å². The summed E-state index contributed by atoms with van der Waals surface area (Å²) in [5.74, 6) is 0.949. The standard InChI is InChI=1S/C19H31N3O4S.CH2O2/c1-4-14-11-15(26-21-14)17(23)20-16-12-25-19(13-18(16,2)24)5-7-22(8-6-19)9-10-27-3;2-1-3/h11,16,24H,4-10,12-13H2,1-3H3,(H,20,23);1H,(H,2,3)/t16-,18-;/m0./s1. The molecule has 3 N–H and O–H groups in total. The molecule has 0 saturated carbocycles. The van der Waals surface area contributed by atoms with Gasteiger partial charge in [-0.05, 0) is 32.4 Å². The zero-order valence-corrected chi connectivity index (χ0v) is 18.7. The minimum atomic E-state index is -1.02. The first-order chi connectivity index (χ1) is 14.3. The number of carbonyl (C=O) groups is 2. The lowest BCUT2D eigenvalue weighted by Gasteiger charge is -2.51. The number of nitrogens with zero attached hydrogens (tertiary/aromatic N) is 2. The monoisotopic (exact) mass is 443 g/mol. The molecule has 0 radical (unpaired) electrons. The van der Waals surface area contributed by atoms with Crippen LogP contribution in [-0.2, 0) is 16.0 Å². The Morgan fingerprint density at radius 1 is 1.47 bits per heavy atom. The molecule has 0 bridgehead atoms. The van der Waals surface area contributed by atoms with Crippen molar-refractivity contribution in [2.75, 3.05) is 38.2 Å². The molecule has 0 aromatic carbocycles. The van der Waals surface area contributed by atoms with Crippen LogP contribution in [0.3, 0.4) is 0 Å². The van der Waals surface area contributed by atoms with Crippen LogP contribution in [0, 0.1) is 0 Å². The zero-order chi connectivity index (χ0) is 22.2. The lowest BCUT2D eigenvalue weighted by molar-refractivity contribution is -0.185. The number of rotatable bonds is 6. The molecule has 0 aliphatic carbocycles. The van der Waals surface area contributed by atoms with Gasteiger partial charge in [-0.1, -0.05) is 12.1 Å². The van der Waals surface area contributed by atoms with E-state index in [0.29, 0.717) is 19.4 Å². The molecule has 1 spiro atoms. The SMILES string of the molecule is CCc1cc(C(=O)N[C@H]2COC3(CCN(CCSC)CC3)C[C@]2(C)O)on1.O=CO. The van der Waals surface area contributed by atoms with Crippen LogP contribution in [-0.4, -0.2) is 88.1 Å². The van der Waals surface area contributed by atoms with Gasteiger partial charge in [0.25, 0.3) is 12.4 Å². The van der Waals surface area contributed by atoms with Crippen LogP contribution in [0.25, 0.3) is 0 Å². The number of aliphatic hydroxyl groups is 1. The van der Waals surface area contributed by atoms with Crippen molar-refractivity contribution in [3.8, 4) is 0 Å². The molecule has 30 heavy (non-hydrogen) atoms. The number of aromatic nitrogens is 1. The van der Waals surface area contributed by atoms with Crippen molar-refractivity contribution in [3.05, 3.63) is 17.5 Å². The van der Waals surface area contributed by atoms with Crippen LogP contribution in [0.15, 0.2) is 10.6 Å². The van der Waals surface area contributed by atoms with Crippen molar-refractivity contribution < 1.29 is 29.1 Å². The van der Waals surface area contributed by atoms with E-state index in [1.165, 1.54) is 0 Å². The molecule has 3 rings (SSSR count). The van der Waals surface area contributed by atoms with E-state index in [2.05, 4.69) is 21.6 Å². The molecule has 0 unspecified atom stereocenters. The van der Waals surface area contributed by atoms with Crippen LogP contribution >= 0.6 is 11.8 Å². The van der Waals surface area contributed by atoms with Crippen molar-refractivity contribution in [1.82, 2.24) is 15.4 Å². The molecule has 10 heteroatoms. The van der Waals surface area contributed by atoms with Gasteiger partial charge in [0.1, 0.15) is 0 Å². The van der Waals surface area contributed by atoms with Gasteiger partial charge in [-0.2, -0.15) is 11.8 Å². The van der Waals surface area contributed by atoms with Crippen LogP contribution in [0.2, 0.25) is 0 Å².